The lowest BCUT2D eigenvalue weighted by Gasteiger charge is -2.35. The Morgan fingerprint density at radius 1 is 1.08 bits per heavy atom. The number of hydrogen-bond donors (Lipinski definition) is 1. The number of imidazole rings is 1. The first-order chi connectivity index (χ1) is 12.6. The van der Waals surface area contributed by atoms with Crippen LogP contribution in [0.5, 0.6) is 0 Å². The molecule has 1 aliphatic heterocycles. The van der Waals surface area contributed by atoms with Gasteiger partial charge >= 0.3 is 6.03 Å². The van der Waals surface area contributed by atoms with Gasteiger partial charge < -0.3 is 19.5 Å². The fourth-order valence-electron chi connectivity index (χ4n) is 2.89. The highest BCUT2D eigenvalue weighted by atomic mass is 35.5. The number of carbonyl (C=O) groups excluding carboxylic acids is 1. The monoisotopic (exact) mass is 390 g/mol. The van der Waals surface area contributed by atoms with Crippen LogP contribution in [0.3, 0.4) is 0 Å². The highest BCUT2D eigenvalue weighted by molar-refractivity contribution is 6.42. The molecule has 0 unspecified atom stereocenters. The summed E-state index contributed by atoms with van der Waals surface area (Å²) < 4.78 is 1.94. The van der Waals surface area contributed by atoms with E-state index in [9.17, 15) is 4.79 Å². The molecule has 0 radical (unpaired) electrons. The average molecular weight is 391 g/mol. The van der Waals surface area contributed by atoms with Gasteiger partial charge in [-0.05, 0) is 18.2 Å². The Bertz CT molecular complexity index is 951. The summed E-state index contributed by atoms with van der Waals surface area (Å²) >= 11 is 11.9. The molecule has 4 rings (SSSR count). The van der Waals surface area contributed by atoms with Gasteiger partial charge in [0.05, 0.1) is 22.4 Å². The summed E-state index contributed by atoms with van der Waals surface area (Å²) in [5, 5.41) is 3.72. The van der Waals surface area contributed by atoms with Gasteiger partial charge in [0.2, 0.25) is 0 Å². The molecule has 0 atom stereocenters. The minimum absolute atomic E-state index is 0.152. The maximum atomic E-state index is 12.4. The molecule has 0 bridgehead atoms. The Morgan fingerprint density at radius 2 is 1.88 bits per heavy atom. The molecule has 1 fully saturated rings. The van der Waals surface area contributed by atoms with E-state index in [0.717, 1.165) is 11.5 Å². The average Bonchev–Trinajstić information content (AvgIpc) is 3.12. The highest BCUT2D eigenvalue weighted by Crippen LogP contribution is 2.25. The van der Waals surface area contributed by atoms with Crippen molar-refractivity contribution in [2.75, 3.05) is 36.4 Å². The van der Waals surface area contributed by atoms with Crippen LogP contribution in [0.1, 0.15) is 0 Å². The SMILES string of the molecule is O=C(Nc1ccc(Cl)c(Cl)c1)N1CCN(c2cn3ccnc3cn2)CC1. The summed E-state index contributed by atoms with van der Waals surface area (Å²) in [5.74, 6) is 0.875. The maximum absolute atomic E-state index is 12.4. The summed E-state index contributed by atoms with van der Waals surface area (Å²) in [4.78, 5) is 25.0. The fourth-order valence-corrected chi connectivity index (χ4v) is 3.19. The summed E-state index contributed by atoms with van der Waals surface area (Å²) in [6, 6.07) is 4.88. The quantitative estimate of drug-likeness (QED) is 0.728. The van der Waals surface area contributed by atoms with E-state index in [-0.39, 0.29) is 6.03 Å². The second-order valence-corrected chi connectivity index (χ2v) is 6.79. The molecule has 134 valence electrons. The molecule has 26 heavy (non-hydrogen) atoms. The van der Waals surface area contributed by atoms with Crippen LogP contribution >= 0.6 is 23.2 Å². The van der Waals surface area contributed by atoms with Crippen molar-refractivity contribution in [3.63, 3.8) is 0 Å². The zero-order valence-electron chi connectivity index (χ0n) is 13.8. The molecule has 3 heterocycles. The Hall–Kier alpha value is -2.51. The summed E-state index contributed by atoms with van der Waals surface area (Å²) in [6.45, 7) is 2.64. The molecular formula is C17H16Cl2N6O. The summed E-state index contributed by atoms with van der Waals surface area (Å²) in [7, 11) is 0. The van der Waals surface area contributed by atoms with Crippen LogP contribution in [0.4, 0.5) is 16.3 Å². The van der Waals surface area contributed by atoms with Gasteiger partial charge in [-0.25, -0.2) is 14.8 Å². The molecule has 7 nitrogen and oxygen atoms in total. The zero-order chi connectivity index (χ0) is 18.1. The summed E-state index contributed by atoms with van der Waals surface area (Å²) in [6.07, 6.45) is 7.33. The van der Waals surface area contributed by atoms with Gasteiger partial charge in [0.1, 0.15) is 5.82 Å². The van der Waals surface area contributed by atoms with Crippen molar-refractivity contribution in [2.45, 2.75) is 0 Å². The molecule has 1 aliphatic rings. The Balaban J connectivity index is 1.37. The van der Waals surface area contributed by atoms with Crippen molar-refractivity contribution in [2.24, 2.45) is 0 Å². The van der Waals surface area contributed by atoms with E-state index < -0.39 is 0 Å². The molecule has 0 saturated carbocycles. The number of fused-ring (bicyclic) bond motifs is 1. The lowest BCUT2D eigenvalue weighted by Crippen LogP contribution is -2.50. The van der Waals surface area contributed by atoms with E-state index in [1.807, 2.05) is 16.8 Å². The van der Waals surface area contributed by atoms with Crippen molar-refractivity contribution >= 4 is 46.4 Å². The number of nitrogens with one attached hydrogen (secondary N) is 1. The number of carbonyl (C=O) groups is 1. The number of hydrogen-bond acceptors (Lipinski definition) is 4. The van der Waals surface area contributed by atoms with Gasteiger partial charge in [-0.3, -0.25) is 0 Å². The third-order valence-electron chi connectivity index (χ3n) is 4.33. The normalized spacial score (nSPS) is 14.7. The topological polar surface area (TPSA) is 65.8 Å². The number of rotatable bonds is 2. The van der Waals surface area contributed by atoms with Gasteiger partial charge in [0.25, 0.3) is 0 Å². The first-order valence-electron chi connectivity index (χ1n) is 8.15. The number of aromatic nitrogens is 3. The van der Waals surface area contributed by atoms with Crippen LogP contribution in [0.15, 0.2) is 43.0 Å². The second-order valence-electron chi connectivity index (χ2n) is 5.97. The number of halogens is 2. The molecule has 0 spiro atoms. The van der Waals surface area contributed by atoms with E-state index in [2.05, 4.69) is 20.2 Å². The van der Waals surface area contributed by atoms with E-state index in [1.54, 1.807) is 35.5 Å². The number of nitrogens with zero attached hydrogens (tertiary/aromatic N) is 5. The number of urea groups is 1. The minimum Gasteiger partial charge on any atom is -0.352 e. The van der Waals surface area contributed by atoms with Crippen LogP contribution in [-0.4, -0.2) is 51.5 Å². The van der Waals surface area contributed by atoms with Gasteiger partial charge in [-0.15, -0.1) is 0 Å². The zero-order valence-corrected chi connectivity index (χ0v) is 15.3. The number of piperazine rings is 1. The van der Waals surface area contributed by atoms with Crippen LogP contribution in [-0.2, 0) is 0 Å². The third kappa shape index (κ3) is 3.40. The molecule has 1 aromatic carbocycles. The van der Waals surface area contributed by atoms with Crippen LogP contribution in [0.2, 0.25) is 10.0 Å². The fraction of sp³-hybridized carbons (Fsp3) is 0.235. The van der Waals surface area contributed by atoms with Gasteiger partial charge in [0, 0.05) is 44.3 Å². The number of benzene rings is 1. The predicted octanol–water partition coefficient (Wildman–Crippen LogP) is 3.39. The van der Waals surface area contributed by atoms with E-state index in [4.69, 9.17) is 23.2 Å². The van der Waals surface area contributed by atoms with Crippen molar-refractivity contribution in [3.8, 4) is 0 Å². The number of amides is 2. The molecule has 0 aliphatic carbocycles. The molecule has 3 aromatic rings. The molecular weight excluding hydrogens is 375 g/mol. The first kappa shape index (κ1) is 16.9. The van der Waals surface area contributed by atoms with Crippen LogP contribution in [0.25, 0.3) is 5.65 Å². The van der Waals surface area contributed by atoms with E-state index in [1.165, 1.54) is 0 Å². The van der Waals surface area contributed by atoms with Crippen molar-refractivity contribution in [1.29, 1.82) is 0 Å². The highest BCUT2D eigenvalue weighted by Gasteiger charge is 2.22. The van der Waals surface area contributed by atoms with Gasteiger partial charge in [0.15, 0.2) is 5.65 Å². The van der Waals surface area contributed by atoms with Gasteiger partial charge in [-0.2, -0.15) is 0 Å². The molecule has 2 aromatic heterocycles. The van der Waals surface area contributed by atoms with E-state index in [0.29, 0.717) is 41.9 Å². The second kappa shape index (κ2) is 7.01. The Morgan fingerprint density at radius 3 is 2.65 bits per heavy atom. The van der Waals surface area contributed by atoms with Crippen LogP contribution in [0, 0.1) is 0 Å². The third-order valence-corrected chi connectivity index (χ3v) is 5.07. The summed E-state index contributed by atoms with van der Waals surface area (Å²) in [5.41, 5.74) is 1.44. The molecule has 1 saturated heterocycles. The lowest BCUT2D eigenvalue weighted by atomic mass is 10.3. The molecule has 1 N–H and O–H groups in total. The van der Waals surface area contributed by atoms with Gasteiger partial charge in [-0.1, -0.05) is 23.2 Å². The van der Waals surface area contributed by atoms with Crippen LogP contribution < -0.4 is 10.2 Å². The van der Waals surface area contributed by atoms with Crippen molar-refractivity contribution in [1.82, 2.24) is 19.3 Å². The number of anilines is 2. The largest absolute Gasteiger partial charge is 0.352 e. The first-order valence-corrected chi connectivity index (χ1v) is 8.90. The molecule has 9 heteroatoms. The lowest BCUT2D eigenvalue weighted by molar-refractivity contribution is 0.208. The Labute approximate surface area is 160 Å². The minimum atomic E-state index is -0.152. The van der Waals surface area contributed by atoms with E-state index >= 15 is 0 Å². The standard InChI is InChI=1S/C17H16Cl2N6O/c18-13-2-1-12(9-14(13)19)22-17(26)24-7-5-23(6-8-24)16-11-25-4-3-20-15(25)10-21-16/h1-4,9-11H,5-8H2,(H,22,26). The predicted molar refractivity (Wildman–Crippen MR) is 102 cm³/mol. The van der Waals surface area contributed by atoms with Crippen molar-refractivity contribution < 1.29 is 4.79 Å². The molecule has 2 amide bonds. The Kier molecular flexibility index (Phi) is 4.57. The maximum Gasteiger partial charge on any atom is 0.321 e. The van der Waals surface area contributed by atoms with Crippen molar-refractivity contribution in [3.05, 3.63) is 53.0 Å². The smallest absolute Gasteiger partial charge is 0.321 e.